The van der Waals surface area contributed by atoms with E-state index in [0.29, 0.717) is 18.4 Å². The lowest BCUT2D eigenvalue weighted by Crippen LogP contribution is -2.51. The summed E-state index contributed by atoms with van der Waals surface area (Å²) in [5, 5.41) is 0. The number of nitrogens with zero attached hydrogens (tertiary/aromatic N) is 2. The average Bonchev–Trinajstić information content (AvgIpc) is 2.63. The van der Waals surface area contributed by atoms with Crippen LogP contribution in [0.4, 0.5) is 4.39 Å². The lowest BCUT2D eigenvalue weighted by Gasteiger charge is -2.40. The van der Waals surface area contributed by atoms with Crippen LogP contribution in [0.15, 0.2) is 47.5 Å². The first-order chi connectivity index (χ1) is 13.3. The lowest BCUT2D eigenvalue weighted by molar-refractivity contribution is 0.0495. The predicted octanol–water partition coefficient (Wildman–Crippen LogP) is 3.72. The van der Waals surface area contributed by atoms with E-state index in [9.17, 15) is 12.8 Å². The smallest absolute Gasteiger partial charge is 0.294 e. The first-order valence-corrected chi connectivity index (χ1v) is 10.8. The van der Waals surface area contributed by atoms with E-state index in [1.54, 1.807) is 18.2 Å². The normalized spacial score (nSPS) is 16.6. The molecule has 8 heteroatoms. The zero-order chi connectivity index (χ0) is 20.6. The second kappa shape index (κ2) is 10.5. The predicted molar refractivity (Wildman–Crippen MR) is 106 cm³/mol. The van der Waals surface area contributed by atoms with Crippen molar-refractivity contribution in [2.75, 3.05) is 19.7 Å². The highest BCUT2D eigenvalue weighted by Crippen LogP contribution is 2.19. The third kappa shape index (κ3) is 7.18. The highest BCUT2D eigenvalue weighted by molar-refractivity contribution is 7.85. The molecule has 1 atom stereocenters. The Morgan fingerprint density at radius 1 is 1.25 bits per heavy atom. The molecule has 6 nitrogen and oxygen atoms in total. The number of aryl methyl sites for hydroxylation is 1. The van der Waals surface area contributed by atoms with Crippen molar-refractivity contribution in [3.63, 3.8) is 0 Å². The van der Waals surface area contributed by atoms with Crippen molar-refractivity contribution in [1.82, 2.24) is 9.88 Å². The SMILES string of the molecule is CCCCN1CC[C@H]1COc1ccc(F)nc1.Cc1ccc(S(=O)(=O)O)cc1. The maximum absolute atomic E-state index is 12.6. The molecule has 1 saturated heterocycles. The maximum atomic E-state index is 12.6. The van der Waals surface area contributed by atoms with Gasteiger partial charge in [-0.3, -0.25) is 9.45 Å². The number of likely N-dealkylation sites (tertiary alicyclic amines) is 1. The van der Waals surface area contributed by atoms with Gasteiger partial charge in [-0.25, -0.2) is 4.98 Å². The fraction of sp³-hybridized carbons (Fsp3) is 0.450. The molecule has 28 heavy (non-hydrogen) atoms. The molecule has 1 aliphatic rings. The topological polar surface area (TPSA) is 79.7 Å². The van der Waals surface area contributed by atoms with Gasteiger partial charge in [0.05, 0.1) is 11.1 Å². The van der Waals surface area contributed by atoms with Crippen molar-refractivity contribution in [3.05, 3.63) is 54.1 Å². The number of aromatic nitrogens is 1. The molecule has 0 radical (unpaired) electrons. The van der Waals surface area contributed by atoms with Crippen LogP contribution in [0.1, 0.15) is 31.7 Å². The quantitative estimate of drug-likeness (QED) is 0.554. The zero-order valence-corrected chi connectivity index (χ0v) is 17.0. The van der Waals surface area contributed by atoms with Crippen LogP contribution < -0.4 is 4.74 Å². The van der Waals surface area contributed by atoms with Gasteiger partial charge < -0.3 is 4.74 Å². The molecule has 0 spiro atoms. The van der Waals surface area contributed by atoms with E-state index >= 15 is 0 Å². The number of rotatable bonds is 7. The summed E-state index contributed by atoms with van der Waals surface area (Å²) in [6, 6.07) is 9.45. The van der Waals surface area contributed by atoms with Gasteiger partial charge in [0.25, 0.3) is 10.1 Å². The van der Waals surface area contributed by atoms with Gasteiger partial charge in [0.2, 0.25) is 5.95 Å². The standard InChI is InChI=1S/C13H19FN2O.C7H8O3S/c1-2-3-7-16-8-6-11(16)10-17-12-4-5-13(14)15-9-12;1-6-2-4-7(5-3-6)11(8,9)10/h4-5,9,11H,2-3,6-8,10H2,1H3;2-5H,1H3,(H,8,9,10)/t11-;/m0./s1. The Balaban J connectivity index is 0.000000221. The Labute approximate surface area is 166 Å². The van der Waals surface area contributed by atoms with Gasteiger partial charge in [0, 0.05) is 12.6 Å². The second-order valence-corrected chi connectivity index (χ2v) is 8.17. The van der Waals surface area contributed by atoms with Crippen molar-refractivity contribution >= 4 is 10.1 Å². The van der Waals surface area contributed by atoms with Crippen molar-refractivity contribution in [2.45, 2.75) is 44.0 Å². The van der Waals surface area contributed by atoms with E-state index in [1.165, 1.54) is 50.2 Å². The van der Waals surface area contributed by atoms with Crippen LogP contribution in [0, 0.1) is 12.9 Å². The Bertz CT molecular complexity index is 826. The third-order valence-corrected chi connectivity index (χ3v) is 5.39. The van der Waals surface area contributed by atoms with E-state index in [2.05, 4.69) is 16.8 Å². The first-order valence-electron chi connectivity index (χ1n) is 9.32. The fourth-order valence-electron chi connectivity index (χ4n) is 2.69. The number of benzene rings is 1. The van der Waals surface area contributed by atoms with Crippen molar-refractivity contribution in [1.29, 1.82) is 0 Å². The van der Waals surface area contributed by atoms with Gasteiger partial charge in [-0.15, -0.1) is 0 Å². The lowest BCUT2D eigenvalue weighted by atomic mass is 10.0. The number of hydrogen-bond acceptors (Lipinski definition) is 5. The van der Waals surface area contributed by atoms with Gasteiger partial charge in [-0.1, -0.05) is 31.0 Å². The van der Waals surface area contributed by atoms with Gasteiger partial charge in [-0.05, 0) is 50.6 Å². The van der Waals surface area contributed by atoms with Crippen molar-refractivity contribution in [3.8, 4) is 5.75 Å². The average molecular weight is 411 g/mol. The summed E-state index contributed by atoms with van der Waals surface area (Å²) in [6.07, 6.45) is 5.10. The number of ether oxygens (including phenoxy) is 1. The molecule has 1 aliphatic heterocycles. The molecule has 1 aromatic heterocycles. The molecular formula is C20H27FN2O4S. The minimum Gasteiger partial charge on any atom is -0.490 e. The zero-order valence-electron chi connectivity index (χ0n) is 16.2. The largest absolute Gasteiger partial charge is 0.490 e. The Hall–Kier alpha value is -2.03. The first kappa shape index (κ1) is 22.3. The van der Waals surface area contributed by atoms with E-state index in [0.717, 1.165) is 12.1 Å². The minimum atomic E-state index is -4.02. The van der Waals surface area contributed by atoms with Crippen molar-refractivity contribution in [2.24, 2.45) is 0 Å². The fourth-order valence-corrected chi connectivity index (χ4v) is 3.17. The molecule has 2 heterocycles. The van der Waals surface area contributed by atoms with Gasteiger partial charge in [0.1, 0.15) is 12.4 Å². The molecule has 2 aromatic rings. The highest BCUT2D eigenvalue weighted by Gasteiger charge is 2.27. The summed E-state index contributed by atoms with van der Waals surface area (Å²) >= 11 is 0. The van der Waals surface area contributed by atoms with Gasteiger partial charge in [-0.2, -0.15) is 12.8 Å². The summed E-state index contributed by atoms with van der Waals surface area (Å²) in [7, 11) is -4.02. The Morgan fingerprint density at radius 3 is 2.46 bits per heavy atom. The number of halogens is 1. The van der Waals surface area contributed by atoms with Crippen LogP contribution in [0.5, 0.6) is 5.75 Å². The van der Waals surface area contributed by atoms with Crippen LogP contribution in [-0.2, 0) is 10.1 Å². The molecule has 0 amide bonds. The van der Waals surface area contributed by atoms with E-state index in [4.69, 9.17) is 9.29 Å². The van der Waals surface area contributed by atoms with Crippen LogP contribution in [0.2, 0.25) is 0 Å². The van der Waals surface area contributed by atoms with Crippen LogP contribution >= 0.6 is 0 Å². The highest BCUT2D eigenvalue weighted by atomic mass is 32.2. The molecule has 154 valence electrons. The molecule has 0 saturated carbocycles. The molecule has 0 bridgehead atoms. The summed E-state index contributed by atoms with van der Waals surface area (Å²) < 4.78 is 47.7. The molecule has 0 aliphatic carbocycles. The molecule has 1 fully saturated rings. The Kier molecular flexibility index (Phi) is 8.35. The second-order valence-electron chi connectivity index (χ2n) is 6.75. The summed E-state index contributed by atoms with van der Waals surface area (Å²) in [5.74, 6) is 0.180. The molecule has 3 rings (SSSR count). The van der Waals surface area contributed by atoms with Crippen molar-refractivity contribution < 1.29 is 22.1 Å². The van der Waals surface area contributed by atoms with Gasteiger partial charge in [0.15, 0.2) is 0 Å². The summed E-state index contributed by atoms with van der Waals surface area (Å²) in [5.41, 5.74) is 0.956. The van der Waals surface area contributed by atoms with Crippen LogP contribution in [0.3, 0.4) is 0 Å². The molecular weight excluding hydrogens is 383 g/mol. The minimum absolute atomic E-state index is 0.0666. The molecule has 1 aromatic carbocycles. The van der Waals surface area contributed by atoms with Gasteiger partial charge >= 0.3 is 0 Å². The molecule has 0 unspecified atom stereocenters. The third-order valence-electron chi connectivity index (χ3n) is 4.53. The van der Waals surface area contributed by atoms with E-state index < -0.39 is 16.1 Å². The van der Waals surface area contributed by atoms with Crippen LogP contribution in [-0.4, -0.2) is 48.6 Å². The van der Waals surface area contributed by atoms with E-state index in [1.807, 2.05) is 6.92 Å². The monoisotopic (exact) mass is 410 g/mol. The van der Waals surface area contributed by atoms with E-state index in [-0.39, 0.29) is 4.90 Å². The number of pyridine rings is 1. The maximum Gasteiger partial charge on any atom is 0.294 e. The Morgan fingerprint density at radius 2 is 1.96 bits per heavy atom. The summed E-state index contributed by atoms with van der Waals surface area (Å²) in [4.78, 5) is 5.94. The number of hydrogen-bond donors (Lipinski definition) is 1. The molecule has 1 N–H and O–H groups in total. The number of unbranched alkanes of at least 4 members (excludes halogenated alkanes) is 1. The summed E-state index contributed by atoms with van der Waals surface area (Å²) in [6.45, 7) is 7.06. The van der Waals surface area contributed by atoms with Crippen LogP contribution in [0.25, 0.3) is 0 Å².